The van der Waals surface area contributed by atoms with Crippen molar-refractivity contribution in [1.29, 1.82) is 0 Å². The molecule has 0 aliphatic rings. The number of carbonyl (C=O) groups excluding carboxylic acids is 2. The van der Waals surface area contributed by atoms with Crippen molar-refractivity contribution < 1.29 is 14.3 Å². The molecule has 0 radical (unpaired) electrons. The number of nitrogens with zero attached hydrogens (tertiary/aromatic N) is 2. The van der Waals surface area contributed by atoms with Gasteiger partial charge >= 0.3 is 0 Å². The number of ether oxygens (including phenoxy) is 1. The van der Waals surface area contributed by atoms with Crippen LogP contribution >= 0.6 is 34.7 Å². The minimum Gasteiger partial charge on any atom is -0.495 e. The second-order valence-electron chi connectivity index (χ2n) is 6.92. The summed E-state index contributed by atoms with van der Waals surface area (Å²) in [4.78, 5) is 24.8. The summed E-state index contributed by atoms with van der Waals surface area (Å²) in [6.45, 7) is 0. The summed E-state index contributed by atoms with van der Waals surface area (Å²) in [6.07, 6.45) is 0.229. The van der Waals surface area contributed by atoms with Crippen LogP contribution in [0, 0.1) is 0 Å². The lowest BCUT2D eigenvalue weighted by atomic mass is 10.0. The first-order valence-corrected chi connectivity index (χ1v) is 12.1. The molecule has 1 aromatic heterocycles. The molecule has 168 valence electrons. The van der Waals surface area contributed by atoms with Crippen LogP contribution in [0.4, 0.5) is 10.8 Å². The lowest BCUT2D eigenvalue weighted by molar-refractivity contribution is -0.115. The predicted molar refractivity (Wildman–Crippen MR) is 134 cm³/mol. The number of rotatable bonds is 8. The van der Waals surface area contributed by atoms with Crippen LogP contribution in [0.15, 0.2) is 65.0 Å². The molecule has 2 N–H and O–H groups in total. The van der Waals surface area contributed by atoms with E-state index in [2.05, 4.69) is 20.8 Å². The molecular weight excluding hydrogens is 480 g/mol. The number of aromatic nitrogens is 2. The van der Waals surface area contributed by atoms with Gasteiger partial charge in [0.2, 0.25) is 16.9 Å². The Hall–Kier alpha value is -3.14. The van der Waals surface area contributed by atoms with E-state index in [1.54, 1.807) is 18.2 Å². The minimum absolute atomic E-state index is 0.119. The SMILES string of the molecule is COc1ccc(Cl)cc1NC(=O)CSc1nnc(NC(=O)Cc2cccc3ccccc23)s1. The number of hydrogen-bond donors (Lipinski definition) is 2. The van der Waals surface area contributed by atoms with E-state index in [1.807, 2.05) is 42.5 Å². The number of hydrogen-bond acceptors (Lipinski definition) is 7. The summed E-state index contributed by atoms with van der Waals surface area (Å²) in [7, 11) is 1.52. The van der Waals surface area contributed by atoms with E-state index in [9.17, 15) is 9.59 Å². The van der Waals surface area contributed by atoms with Gasteiger partial charge in [0.1, 0.15) is 5.75 Å². The Morgan fingerprint density at radius 2 is 1.85 bits per heavy atom. The van der Waals surface area contributed by atoms with Crippen LogP contribution in [-0.4, -0.2) is 34.9 Å². The van der Waals surface area contributed by atoms with Crippen molar-refractivity contribution >= 4 is 68.1 Å². The Labute approximate surface area is 203 Å². The van der Waals surface area contributed by atoms with Crippen molar-refractivity contribution in [3.63, 3.8) is 0 Å². The summed E-state index contributed by atoms with van der Waals surface area (Å²) >= 11 is 8.43. The highest BCUT2D eigenvalue weighted by molar-refractivity contribution is 8.01. The molecule has 0 spiro atoms. The van der Waals surface area contributed by atoms with Crippen LogP contribution in [0.1, 0.15) is 5.56 Å². The lowest BCUT2D eigenvalue weighted by Gasteiger charge is -2.09. The van der Waals surface area contributed by atoms with Gasteiger partial charge in [0.15, 0.2) is 4.34 Å². The molecule has 33 heavy (non-hydrogen) atoms. The molecule has 0 unspecified atom stereocenters. The van der Waals surface area contributed by atoms with Crippen LogP contribution in [0.3, 0.4) is 0 Å². The molecule has 0 aliphatic heterocycles. The van der Waals surface area contributed by atoms with Crippen LogP contribution in [-0.2, 0) is 16.0 Å². The fraction of sp³-hybridized carbons (Fsp3) is 0.130. The summed E-state index contributed by atoms with van der Waals surface area (Å²) < 4.78 is 5.80. The summed E-state index contributed by atoms with van der Waals surface area (Å²) in [5.74, 6) is 0.223. The molecule has 2 amide bonds. The monoisotopic (exact) mass is 498 g/mol. The molecule has 3 aromatic carbocycles. The van der Waals surface area contributed by atoms with Gasteiger partial charge in [-0.25, -0.2) is 0 Å². The second-order valence-corrected chi connectivity index (χ2v) is 9.55. The van der Waals surface area contributed by atoms with Crippen LogP contribution in [0.5, 0.6) is 5.75 Å². The first-order chi connectivity index (χ1) is 16.0. The molecule has 7 nitrogen and oxygen atoms in total. The number of carbonyl (C=O) groups is 2. The second kappa shape index (κ2) is 10.7. The maximum absolute atomic E-state index is 12.5. The predicted octanol–water partition coefficient (Wildman–Crippen LogP) is 5.27. The Balaban J connectivity index is 1.31. The summed E-state index contributed by atoms with van der Waals surface area (Å²) in [5.41, 5.74) is 1.44. The van der Waals surface area contributed by atoms with Gasteiger partial charge < -0.3 is 15.4 Å². The summed E-state index contributed by atoms with van der Waals surface area (Å²) in [6, 6.07) is 18.8. The van der Waals surface area contributed by atoms with Gasteiger partial charge in [0.25, 0.3) is 0 Å². The zero-order chi connectivity index (χ0) is 23.2. The van der Waals surface area contributed by atoms with E-state index < -0.39 is 0 Å². The third-order valence-electron chi connectivity index (χ3n) is 4.65. The van der Waals surface area contributed by atoms with Gasteiger partial charge in [-0.15, -0.1) is 10.2 Å². The lowest BCUT2D eigenvalue weighted by Crippen LogP contribution is -2.14. The molecule has 0 saturated heterocycles. The molecule has 0 atom stereocenters. The zero-order valence-corrected chi connectivity index (χ0v) is 19.9. The summed E-state index contributed by atoms with van der Waals surface area (Å²) in [5, 5.41) is 16.6. The number of benzene rings is 3. The van der Waals surface area contributed by atoms with Gasteiger partial charge in [0.05, 0.1) is 25.0 Å². The first kappa shape index (κ1) is 23.0. The highest BCUT2D eigenvalue weighted by Gasteiger charge is 2.13. The number of amides is 2. The number of fused-ring (bicyclic) bond motifs is 1. The van der Waals surface area contributed by atoms with Crippen LogP contribution < -0.4 is 15.4 Å². The minimum atomic E-state index is -0.239. The molecular formula is C23H19ClN4O3S2. The van der Waals surface area contributed by atoms with Gasteiger partial charge in [-0.05, 0) is 34.5 Å². The molecule has 0 aliphatic carbocycles. The van der Waals surface area contributed by atoms with Gasteiger partial charge in [0, 0.05) is 5.02 Å². The van der Waals surface area contributed by atoms with E-state index >= 15 is 0 Å². The largest absolute Gasteiger partial charge is 0.495 e. The van der Waals surface area contributed by atoms with Crippen molar-refractivity contribution in [2.75, 3.05) is 23.5 Å². The molecule has 0 saturated carbocycles. The fourth-order valence-corrected chi connectivity index (χ4v) is 4.93. The number of nitrogens with one attached hydrogen (secondary N) is 2. The molecule has 4 rings (SSSR count). The Bertz CT molecular complexity index is 1310. The van der Waals surface area contributed by atoms with Crippen LogP contribution in [0.2, 0.25) is 5.02 Å². The van der Waals surface area contributed by atoms with E-state index in [4.69, 9.17) is 16.3 Å². The van der Waals surface area contributed by atoms with Gasteiger partial charge in [-0.3, -0.25) is 9.59 Å². The maximum Gasteiger partial charge on any atom is 0.234 e. The Kier molecular flexibility index (Phi) is 7.43. The molecule has 0 fully saturated rings. The number of methoxy groups -OCH3 is 1. The van der Waals surface area contributed by atoms with Gasteiger partial charge in [-0.1, -0.05) is 77.2 Å². The average molecular weight is 499 g/mol. The number of anilines is 2. The number of thioether (sulfide) groups is 1. The molecule has 0 bridgehead atoms. The van der Waals surface area contributed by atoms with Crippen molar-refractivity contribution in [1.82, 2.24) is 10.2 Å². The van der Waals surface area contributed by atoms with Crippen LogP contribution in [0.25, 0.3) is 10.8 Å². The average Bonchev–Trinajstić information content (AvgIpc) is 3.25. The quantitative estimate of drug-likeness (QED) is 0.254. The zero-order valence-electron chi connectivity index (χ0n) is 17.5. The molecule has 10 heteroatoms. The normalized spacial score (nSPS) is 10.7. The number of halogens is 1. The van der Waals surface area contributed by atoms with Gasteiger partial charge in [-0.2, -0.15) is 0 Å². The van der Waals surface area contributed by atoms with Crippen molar-refractivity contribution in [2.45, 2.75) is 10.8 Å². The van der Waals surface area contributed by atoms with E-state index in [0.717, 1.165) is 16.3 Å². The topological polar surface area (TPSA) is 93.2 Å². The third kappa shape index (κ3) is 6.01. The van der Waals surface area contributed by atoms with Crippen molar-refractivity contribution in [2.24, 2.45) is 0 Å². The van der Waals surface area contributed by atoms with Crippen molar-refractivity contribution in [3.8, 4) is 5.75 Å². The molecule has 1 heterocycles. The van der Waals surface area contributed by atoms with E-state index in [1.165, 1.54) is 30.2 Å². The highest BCUT2D eigenvalue weighted by atomic mass is 35.5. The fourth-order valence-electron chi connectivity index (χ4n) is 3.19. The highest BCUT2D eigenvalue weighted by Crippen LogP contribution is 2.29. The van der Waals surface area contributed by atoms with E-state index in [-0.39, 0.29) is 24.0 Å². The van der Waals surface area contributed by atoms with Crippen molar-refractivity contribution in [3.05, 3.63) is 71.2 Å². The Morgan fingerprint density at radius 1 is 1.03 bits per heavy atom. The standard InChI is InChI=1S/C23H19ClN4O3S2/c1-31-19-10-9-16(24)12-18(19)25-21(30)13-32-23-28-27-22(33-23)26-20(29)11-15-7-4-6-14-5-2-3-8-17(14)15/h2-10,12H,11,13H2,1H3,(H,25,30)(H,26,27,29). The third-order valence-corrected chi connectivity index (χ3v) is 6.85. The Morgan fingerprint density at radius 3 is 2.70 bits per heavy atom. The van der Waals surface area contributed by atoms with E-state index in [0.29, 0.717) is 25.9 Å². The smallest absolute Gasteiger partial charge is 0.234 e. The molecule has 4 aromatic rings. The maximum atomic E-state index is 12.5. The first-order valence-electron chi connectivity index (χ1n) is 9.88.